The van der Waals surface area contributed by atoms with Crippen molar-refractivity contribution in [2.75, 3.05) is 19.0 Å². The van der Waals surface area contributed by atoms with Crippen molar-refractivity contribution in [3.63, 3.8) is 0 Å². The highest BCUT2D eigenvalue weighted by Crippen LogP contribution is 2.42. The lowest BCUT2D eigenvalue weighted by molar-refractivity contribution is -0.132. The number of fused-ring (bicyclic) bond motifs is 1. The second kappa shape index (κ2) is 9.26. The first-order chi connectivity index (χ1) is 16.8. The maximum Gasteiger partial charge on any atom is 0.265 e. The molecule has 1 fully saturated rings. The summed E-state index contributed by atoms with van der Waals surface area (Å²) in [5.41, 5.74) is 2.04. The van der Waals surface area contributed by atoms with Crippen molar-refractivity contribution in [2.45, 2.75) is 0 Å². The van der Waals surface area contributed by atoms with Gasteiger partial charge in [-0.05, 0) is 66.1 Å². The molecule has 5 rings (SSSR count). The van der Waals surface area contributed by atoms with Crippen LogP contribution < -0.4 is 4.90 Å². The average molecular weight is 518 g/mol. The van der Waals surface area contributed by atoms with Crippen LogP contribution in [-0.2, 0) is 9.59 Å². The zero-order chi connectivity index (χ0) is 24.7. The fourth-order valence-electron chi connectivity index (χ4n) is 4.04. The van der Waals surface area contributed by atoms with E-state index in [1.54, 1.807) is 20.2 Å². The van der Waals surface area contributed by atoms with Crippen LogP contribution in [0.2, 0.25) is 5.02 Å². The van der Waals surface area contributed by atoms with Crippen molar-refractivity contribution in [3.05, 3.63) is 94.3 Å². The molecule has 35 heavy (non-hydrogen) atoms. The maximum atomic E-state index is 12.8. The first-order valence-electron chi connectivity index (χ1n) is 10.8. The Morgan fingerprint density at radius 1 is 0.857 bits per heavy atom. The molecule has 0 saturated carbocycles. The Hall–Kier alpha value is -3.52. The van der Waals surface area contributed by atoms with Crippen LogP contribution in [0.1, 0.15) is 4.88 Å². The molecule has 0 bridgehead atoms. The zero-order valence-electron chi connectivity index (χ0n) is 18.9. The summed E-state index contributed by atoms with van der Waals surface area (Å²) in [5, 5.41) is 4.01. The summed E-state index contributed by atoms with van der Waals surface area (Å²) in [6.45, 7) is 0. The van der Waals surface area contributed by atoms with Gasteiger partial charge in [-0.1, -0.05) is 48.0 Å². The van der Waals surface area contributed by atoms with Crippen molar-refractivity contribution in [1.82, 2.24) is 9.80 Å². The number of benzene rings is 3. The van der Waals surface area contributed by atoms with Gasteiger partial charge in [0.2, 0.25) is 0 Å². The molecule has 0 N–H and O–H groups in total. The molecule has 4 aromatic rings. The first kappa shape index (κ1) is 23.2. The SMILES string of the molecule is CN1C(=O)C(=Cc2ccc(N(c3ccc(Cl)cc3)c3cccc4ccccc34)s2)C(=O)N(C)C1=S. The van der Waals surface area contributed by atoms with Gasteiger partial charge >= 0.3 is 0 Å². The van der Waals surface area contributed by atoms with Crippen molar-refractivity contribution in [3.8, 4) is 0 Å². The number of hydrogen-bond donors (Lipinski definition) is 0. The normalized spacial score (nSPS) is 14.1. The molecule has 2 amide bonds. The van der Waals surface area contributed by atoms with Crippen molar-refractivity contribution < 1.29 is 9.59 Å². The van der Waals surface area contributed by atoms with Gasteiger partial charge in [0.25, 0.3) is 11.8 Å². The summed E-state index contributed by atoms with van der Waals surface area (Å²) in [6.07, 6.45) is 1.64. The first-order valence-corrected chi connectivity index (χ1v) is 12.4. The topological polar surface area (TPSA) is 43.9 Å². The zero-order valence-corrected chi connectivity index (χ0v) is 21.3. The average Bonchev–Trinajstić information content (AvgIpc) is 3.34. The van der Waals surface area contributed by atoms with Gasteiger partial charge in [0, 0.05) is 35.1 Å². The third-order valence-electron chi connectivity index (χ3n) is 5.86. The summed E-state index contributed by atoms with van der Waals surface area (Å²) in [4.78, 5) is 31.1. The monoisotopic (exact) mass is 517 g/mol. The van der Waals surface area contributed by atoms with E-state index >= 15 is 0 Å². The summed E-state index contributed by atoms with van der Waals surface area (Å²) >= 11 is 12.8. The molecule has 1 saturated heterocycles. The van der Waals surface area contributed by atoms with Crippen molar-refractivity contribution in [2.24, 2.45) is 0 Å². The summed E-state index contributed by atoms with van der Waals surface area (Å²) in [6, 6.07) is 26.0. The fraction of sp³-hybridized carbons (Fsp3) is 0.0741. The molecular weight excluding hydrogens is 498 g/mol. The van der Waals surface area contributed by atoms with E-state index in [1.807, 2.05) is 54.6 Å². The van der Waals surface area contributed by atoms with Crippen LogP contribution >= 0.6 is 35.2 Å². The van der Waals surface area contributed by atoms with E-state index in [0.717, 1.165) is 32.0 Å². The number of thiophene rings is 1. The highest BCUT2D eigenvalue weighted by molar-refractivity contribution is 7.80. The summed E-state index contributed by atoms with van der Waals surface area (Å²) in [5.74, 6) is -0.812. The van der Waals surface area contributed by atoms with E-state index in [0.29, 0.717) is 5.02 Å². The minimum Gasteiger partial charge on any atom is -0.301 e. The highest BCUT2D eigenvalue weighted by atomic mass is 35.5. The smallest absolute Gasteiger partial charge is 0.265 e. The lowest BCUT2D eigenvalue weighted by Crippen LogP contribution is -2.52. The number of halogens is 1. The predicted molar refractivity (Wildman–Crippen MR) is 148 cm³/mol. The second-order valence-corrected chi connectivity index (χ2v) is 9.95. The largest absolute Gasteiger partial charge is 0.301 e. The Morgan fingerprint density at radius 3 is 2.23 bits per heavy atom. The Morgan fingerprint density at radius 2 is 1.51 bits per heavy atom. The number of thiocarbonyl (C=S) groups is 1. The lowest BCUT2D eigenvalue weighted by atomic mass is 10.1. The molecule has 2 heterocycles. The van der Waals surface area contributed by atoms with Gasteiger partial charge < -0.3 is 4.90 Å². The van der Waals surface area contributed by atoms with Crippen LogP contribution in [0.25, 0.3) is 16.8 Å². The minimum absolute atomic E-state index is 0.0835. The molecule has 8 heteroatoms. The van der Waals surface area contributed by atoms with Gasteiger partial charge in [0.1, 0.15) is 10.6 Å². The van der Waals surface area contributed by atoms with E-state index in [9.17, 15) is 9.59 Å². The van der Waals surface area contributed by atoms with E-state index < -0.39 is 11.8 Å². The molecule has 1 aliphatic rings. The number of likely N-dealkylation sites (N-methyl/N-ethyl adjacent to an activating group) is 2. The van der Waals surface area contributed by atoms with Gasteiger partial charge in [-0.2, -0.15) is 0 Å². The fourth-order valence-corrected chi connectivity index (χ4v) is 5.31. The Kier molecular flexibility index (Phi) is 6.15. The van der Waals surface area contributed by atoms with Crippen LogP contribution in [-0.4, -0.2) is 40.8 Å². The van der Waals surface area contributed by atoms with E-state index in [2.05, 4.69) is 29.2 Å². The van der Waals surface area contributed by atoms with Gasteiger partial charge in [0.15, 0.2) is 5.11 Å². The van der Waals surface area contributed by atoms with Crippen LogP contribution in [0.3, 0.4) is 0 Å². The Bertz CT molecular complexity index is 1480. The molecular formula is C27H20ClN3O2S2. The number of hydrogen-bond acceptors (Lipinski definition) is 5. The van der Waals surface area contributed by atoms with Crippen LogP contribution in [0.4, 0.5) is 16.4 Å². The molecule has 0 spiro atoms. The standard InChI is InChI=1S/C27H20ClN3O2S2/c1-29-25(32)22(26(33)30(2)27(29)34)16-20-14-15-24(35-20)31(19-12-10-18(28)11-13-19)23-9-5-7-17-6-3-4-8-21(17)23/h3-16H,1-2H3. The third-order valence-corrected chi connectivity index (χ3v) is 7.67. The van der Waals surface area contributed by atoms with Crippen LogP contribution in [0.5, 0.6) is 0 Å². The molecule has 1 aromatic heterocycles. The van der Waals surface area contributed by atoms with Gasteiger partial charge in [-0.25, -0.2) is 0 Å². The minimum atomic E-state index is -0.406. The van der Waals surface area contributed by atoms with Crippen molar-refractivity contribution >= 4 is 85.3 Å². The lowest BCUT2D eigenvalue weighted by Gasteiger charge is -2.31. The summed E-state index contributed by atoms with van der Waals surface area (Å²) < 4.78 is 0. The van der Waals surface area contributed by atoms with Gasteiger partial charge in [-0.3, -0.25) is 19.4 Å². The Labute approximate surface area is 217 Å². The molecule has 1 aliphatic heterocycles. The quantitative estimate of drug-likeness (QED) is 0.173. The molecule has 174 valence electrons. The van der Waals surface area contributed by atoms with E-state index in [4.69, 9.17) is 23.8 Å². The number of carbonyl (C=O) groups is 2. The molecule has 0 aliphatic carbocycles. The number of rotatable bonds is 4. The van der Waals surface area contributed by atoms with Gasteiger partial charge in [0.05, 0.1) is 5.69 Å². The second-order valence-electron chi connectivity index (χ2n) is 8.06. The van der Waals surface area contributed by atoms with Crippen LogP contribution in [0, 0.1) is 0 Å². The number of nitrogens with zero attached hydrogens (tertiary/aromatic N) is 3. The molecule has 3 aromatic carbocycles. The predicted octanol–water partition coefficient (Wildman–Crippen LogP) is 6.62. The Balaban J connectivity index is 1.62. The maximum absolute atomic E-state index is 12.8. The van der Waals surface area contributed by atoms with Crippen molar-refractivity contribution in [1.29, 1.82) is 0 Å². The molecule has 0 atom stereocenters. The number of anilines is 3. The molecule has 0 unspecified atom stereocenters. The number of carbonyl (C=O) groups excluding carboxylic acids is 2. The highest BCUT2D eigenvalue weighted by Gasteiger charge is 2.35. The van der Waals surface area contributed by atoms with Crippen LogP contribution in [0.15, 0.2) is 84.4 Å². The number of amides is 2. The molecule has 5 nitrogen and oxygen atoms in total. The van der Waals surface area contributed by atoms with E-state index in [-0.39, 0.29) is 10.7 Å². The molecule has 0 radical (unpaired) electrons. The summed E-state index contributed by atoms with van der Waals surface area (Å²) in [7, 11) is 3.15. The van der Waals surface area contributed by atoms with Gasteiger partial charge in [-0.15, -0.1) is 11.3 Å². The third kappa shape index (κ3) is 4.23. The van der Waals surface area contributed by atoms with E-state index in [1.165, 1.54) is 21.1 Å².